The minimum absolute atomic E-state index is 0.0846. The van der Waals surface area contributed by atoms with Gasteiger partial charge in [0, 0.05) is 13.1 Å². The zero-order chi connectivity index (χ0) is 19.7. The van der Waals surface area contributed by atoms with Crippen LogP contribution in [0.1, 0.15) is 32.6 Å². The van der Waals surface area contributed by atoms with Crippen LogP contribution in [0.2, 0.25) is 0 Å². The van der Waals surface area contributed by atoms with Crippen molar-refractivity contribution >= 4 is 21.4 Å². The fourth-order valence-corrected chi connectivity index (χ4v) is 5.53. The van der Waals surface area contributed by atoms with Crippen LogP contribution < -0.4 is 0 Å². The lowest BCUT2D eigenvalue weighted by Crippen LogP contribution is -2.32. The highest BCUT2D eigenvalue weighted by atomic mass is 32.2. The lowest BCUT2D eigenvalue weighted by atomic mass is 9.84. The summed E-state index contributed by atoms with van der Waals surface area (Å²) < 4.78 is 38.4. The fraction of sp³-hybridized carbons (Fsp3) is 0.409. The molecule has 1 saturated carbocycles. The number of nitrogens with zero attached hydrogens (tertiary/aromatic N) is 2. The van der Waals surface area contributed by atoms with Crippen molar-refractivity contribution < 1.29 is 12.8 Å². The van der Waals surface area contributed by atoms with Gasteiger partial charge in [-0.15, -0.1) is 0 Å². The van der Waals surface area contributed by atoms with Crippen LogP contribution in [0, 0.1) is 17.7 Å². The lowest BCUT2D eigenvalue weighted by Gasteiger charge is -2.24. The van der Waals surface area contributed by atoms with Gasteiger partial charge in [-0.25, -0.2) is 17.8 Å². The largest absolute Gasteiger partial charge is 0.360 e. The van der Waals surface area contributed by atoms with Crippen molar-refractivity contribution in [2.45, 2.75) is 42.4 Å². The molecule has 3 fully saturated rings. The first-order valence-electron chi connectivity index (χ1n) is 9.83. The molecule has 2 aliphatic heterocycles. The van der Waals surface area contributed by atoms with Crippen molar-refractivity contribution in [1.82, 2.24) is 4.90 Å². The number of hydrogen-bond acceptors (Lipinski definition) is 3. The van der Waals surface area contributed by atoms with E-state index < -0.39 is 15.7 Å². The molecule has 4 nitrogen and oxygen atoms in total. The summed E-state index contributed by atoms with van der Waals surface area (Å²) in [6.07, 6.45) is 5.30. The van der Waals surface area contributed by atoms with Crippen molar-refractivity contribution in [3.8, 4) is 0 Å². The van der Waals surface area contributed by atoms with Crippen molar-refractivity contribution in [3.05, 3.63) is 54.3 Å². The van der Waals surface area contributed by atoms with Gasteiger partial charge in [-0.05, 0) is 93.0 Å². The van der Waals surface area contributed by atoms with E-state index in [1.54, 1.807) is 24.3 Å². The molecule has 0 N–H and O–H groups in total. The Hall–Kier alpha value is -2.21. The molecule has 0 unspecified atom stereocenters. The molecule has 0 radical (unpaired) electrons. The Bertz CT molecular complexity index is 947. The highest BCUT2D eigenvalue weighted by Crippen LogP contribution is 2.34. The van der Waals surface area contributed by atoms with Gasteiger partial charge in [0.05, 0.1) is 15.5 Å². The monoisotopic (exact) mass is 400 g/mol. The Morgan fingerprint density at radius 3 is 1.86 bits per heavy atom. The Morgan fingerprint density at radius 2 is 1.36 bits per heavy atom. The van der Waals surface area contributed by atoms with Crippen LogP contribution >= 0.6 is 0 Å². The zero-order valence-corrected chi connectivity index (χ0v) is 16.8. The van der Waals surface area contributed by atoms with Gasteiger partial charge in [0.1, 0.15) is 11.7 Å². The second-order valence-corrected chi connectivity index (χ2v) is 9.85. The summed E-state index contributed by atoms with van der Waals surface area (Å²) in [7, 11) is -3.66. The Balaban J connectivity index is 1.53. The number of sulfone groups is 1. The first-order valence-corrected chi connectivity index (χ1v) is 11.3. The molecule has 2 aromatic carbocycles. The summed E-state index contributed by atoms with van der Waals surface area (Å²) in [6.45, 7) is 4.18. The van der Waals surface area contributed by atoms with Crippen LogP contribution in [0.15, 0.2) is 63.3 Å². The maximum Gasteiger partial charge on any atom is 0.206 e. The summed E-state index contributed by atoms with van der Waals surface area (Å²) in [5, 5.41) is 0. The highest BCUT2D eigenvalue weighted by molar-refractivity contribution is 7.91. The van der Waals surface area contributed by atoms with E-state index in [0.717, 1.165) is 48.6 Å². The minimum Gasteiger partial charge on any atom is -0.360 e. The molecular weight excluding hydrogens is 375 g/mol. The number of aliphatic imine (C=N–C) groups is 1. The third kappa shape index (κ3) is 3.97. The highest BCUT2D eigenvalue weighted by Gasteiger charge is 2.29. The molecule has 3 aliphatic rings. The SMILES string of the molecule is CC(=Nc1ccc(S(=O)(=O)c2ccc(F)cc2)cc1)N1CC2CCC(CC2)C1. The van der Waals surface area contributed by atoms with Gasteiger partial charge < -0.3 is 4.90 Å². The molecule has 0 aromatic heterocycles. The van der Waals surface area contributed by atoms with E-state index in [9.17, 15) is 12.8 Å². The zero-order valence-electron chi connectivity index (χ0n) is 16.0. The molecule has 148 valence electrons. The maximum absolute atomic E-state index is 13.1. The molecule has 0 spiro atoms. The van der Waals surface area contributed by atoms with E-state index >= 15 is 0 Å². The molecule has 0 atom stereocenters. The first-order chi connectivity index (χ1) is 13.4. The maximum atomic E-state index is 13.1. The normalized spacial score (nSPS) is 22.9. The molecule has 2 heterocycles. The van der Waals surface area contributed by atoms with Crippen molar-refractivity contribution in [1.29, 1.82) is 0 Å². The summed E-state index contributed by atoms with van der Waals surface area (Å²) >= 11 is 0. The smallest absolute Gasteiger partial charge is 0.206 e. The number of rotatable bonds is 3. The average Bonchev–Trinajstić information content (AvgIpc) is 3.03. The van der Waals surface area contributed by atoms with Gasteiger partial charge >= 0.3 is 0 Å². The van der Waals surface area contributed by atoms with Crippen LogP contribution in [-0.2, 0) is 9.84 Å². The van der Waals surface area contributed by atoms with Crippen molar-refractivity contribution in [2.24, 2.45) is 16.8 Å². The lowest BCUT2D eigenvalue weighted by molar-refractivity contribution is 0.326. The quantitative estimate of drug-likeness (QED) is 0.421. The summed E-state index contributed by atoms with van der Waals surface area (Å²) in [5.74, 6) is 2.08. The number of fused-ring (bicyclic) bond motifs is 4. The van der Waals surface area contributed by atoms with Crippen LogP contribution in [0.3, 0.4) is 0 Å². The molecule has 1 aliphatic carbocycles. The van der Waals surface area contributed by atoms with Crippen LogP contribution in [0.25, 0.3) is 0 Å². The summed E-state index contributed by atoms with van der Waals surface area (Å²) in [6, 6.07) is 11.5. The summed E-state index contributed by atoms with van der Waals surface area (Å²) in [5.41, 5.74) is 0.743. The Kier molecular flexibility index (Phi) is 5.23. The topological polar surface area (TPSA) is 49.7 Å². The van der Waals surface area contributed by atoms with E-state index in [1.165, 1.54) is 37.8 Å². The van der Waals surface area contributed by atoms with Gasteiger partial charge in [0.25, 0.3) is 0 Å². The van der Waals surface area contributed by atoms with Crippen LogP contribution in [0.4, 0.5) is 10.1 Å². The molecule has 2 saturated heterocycles. The fourth-order valence-electron chi connectivity index (χ4n) is 4.27. The van der Waals surface area contributed by atoms with E-state index in [4.69, 9.17) is 4.99 Å². The first kappa shape index (κ1) is 19.1. The van der Waals surface area contributed by atoms with Crippen molar-refractivity contribution in [2.75, 3.05) is 13.1 Å². The third-order valence-corrected chi connectivity index (χ3v) is 7.73. The van der Waals surface area contributed by atoms with Crippen LogP contribution in [0.5, 0.6) is 0 Å². The van der Waals surface area contributed by atoms with Gasteiger partial charge in [-0.3, -0.25) is 0 Å². The standard InChI is InChI=1S/C22H25FN2O2S/c1-16(25-14-17-2-3-18(15-25)5-4-17)24-20-8-12-22(13-9-20)28(26,27)21-10-6-19(23)7-11-21/h6-13,17-18H,2-5,14-15H2,1H3. The predicted molar refractivity (Wildman–Crippen MR) is 108 cm³/mol. The number of amidine groups is 1. The van der Waals surface area contributed by atoms with E-state index in [1.807, 2.05) is 6.92 Å². The second kappa shape index (κ2) is 7.66. The number of benzene rings is 2. The third-order valence-electron chi connectivity index (χ3n) is 5.94. The minimum atomic E-state index is -3.66. The average molecular weight is 401 g/mol. The van der Waals surface area contributed by atoms with Crippen LogP contribution in [-0.4, -0.2) is 32.2 Å². The number of hydrogen-bond donors (Lipinski definition) is 0. The second-order valence-electron chi connectivity index (χ2n) is 7.90. The van der Waals surface area contributed by atoms with Gasteiger partial charge in [-0.1, -0.05) is 0 Å². The molecule has 0 amide bonds. The predicted octanol–water partition coefficient (Wildman–Crippen LogP) is 4.83. The Labute approximate surface area is 166 Å². The summed E-state index contributed by atoms with van der Waals surface area (Å²) in [4.78, 5) is 7.38. The molecule has 2 bridgehead atoms. The van der Waals surface area contributed by atoms with Gasteiger partial charge in [-0.2, -0.15) is 0 Å². The molecular formula is C22H25FN2O2S. The molecule has 5 rings (SSSR count). The van der Waals surface area contributed by atoms with E-state index in [0.29, 0.717) is 0 Å². The van der Waals surface area contributed by atoms with Gasteiger partial charge in [0.2, 0.25) is 9.84 Å². The van der Waals surface area contributed by atoms with Gasteiger partial charge in [0.15, 0.2) is 0 Å². The molecule has 6 heteroatoms. The van der Waals surface area contributed by atoms with E-state index in [-0.39, 0.29) is 9.79 Å². The van der Waals surface area contributed by atoms with E-state index in [2.05, 4.69) is 4.90 Å². The molecule has 28 heavy (non-hydrogen) atoms. The Morgan fingerprint density at radius 1 is 0.893 bits per heavy atom. The van der Waals surface area contributed by atoms with Crippen molar-refractivity contribution in [3.63, 3.8) is 0 Å². The molecule has 2 aromatic rings. The number of halogens is 1.